The van der Waals surface area contributed by atoms with Crippen LogP contribution in [-0.4, -0.2) is 29.1 Å². The maximum Gasteiger partial charge on any atom is 0.274 e. The molecule has 7 nitrogen and oxygen atoms in total. The molecular weight excluding hydrogens is 356 g/mol. The highest BCUT2D eigenvalue weighted by Crippen LogP contribution is 2.32. The summed E-state index contributed by atoms with van der Waals surface area (Å²) < 4.78 is 11.0. The second-order valence-electron chi connectivity index (χ2n) is 6.50. The molecule has 0 bridgehead atoms. The lowest BCUT2D eigenvalue weighted by molar-refractivity contribution is 0.102. The van der Waals surface area contributed by atoms with E-state index in [0.29, 0.717) is 36.3 Å². The number of fused-ring (bicyclic) bond motifs is 1. The predicted octanol–water partition coefficient (Wildman–Crippen LogP) is 3.86. The van der Waals surface area contributed by atoms with E-state index in [1.165, 1.54) is 5.56 Å². The van der Waals surface area contributed by atoms with Gasteiger partial charge in [0.25, 0.3) is 5.91 Å². The number of benzene rings is 2. The van der Waals surface area contributed by atoms with Crippen LogP contribution in [0.1, 0.15) is 21.6 Å². The van der Waals surface area contributed by atoms with Crippen LogP contribution < -0.4 is 20.1 Å². The van der Waals surface area contributed by atoms with Gasteiger partial charge in [-0.05, 0) is 55.3 Å². The molecule has 0 unspecified atom stereocenters. The number of aryl methyl sites for hydroxylation is 2. The SMILES string of the molecule is Cc1ccc(Nc2nccc(C(=O)Nc3ccc4c(c3)OCCO4)n2)cc1C. The topological polar surface area (TPSA) is 85.4 Å². The summed E-state index contributed by atoms with van der Waals surface area (Å²) in [5.74, 6) is 1.32. The van der Waals surface area contributed by atoms with Gasteiger partial charge in [-0.3, -0.25) is 4.79 Å². The molecule has 1 aliphatic heterocycles. The van der Waals surface area contributed by atoms with Gasteiger partial charge in [0, 0.05) is 23.6 Å². The van der Waals surface area contributed by atoms with Crippen LogP contribution >= 0.6 is 0 Å². The molecule has 0 saturated carbocycles. The van der Waals surface area contributed by atoms with E-state index in [0.717, 1.165) is 11.3 Å². The monoisotopic (exact) mass is 376 g/mol. The highest BCUT2D eigenvalue weighted by molar-refractivity contribution is 6.03. The van der Waals surface area contributed by atoms with Gasteiger partial charge >= 0.3 is 0 Å². The predicted molar refractivity (Wildman–Crippen MR) is 107 cm³/mol. The molecule has 0 fully saturated rings. The molecule has 1 aromatic heterocycles. The number of carbonyl (C=O) groups excluding carboxylic acids is 1. The number of hydrogen-bond acceptors (Lipinski definition) is 6. The van der Waals surface area contributed by atoms with Crippen LogP contribution in [0.15, 0.2) is 48.7 Å². The molecule has 2 aromatic carbocycles. The average molecular weight is 376 g/mol. The first-order chi connectivity index (χ1) is 13.6. The van der Waals surface area contributed by atoms with Gasteiger partial charge in [0.2, 0.25) is 5.95 Å². The molecule has 0 atom stereocenters. The van der Waals surface area contributed by atoms with Gasteiger partial charge in [-0.15, -0.1) is 0 Å². The van der Waals surface area contributed by atoms with Crippen molar-refractivity contribution in [2.45, 2.75) is 13.8 Å². The molecular formula is C21H20N4O3. The molecule has 0 spiro atoms. The Morgan fingerprint density at radius 1 is 0.929 bits per heavy atom. The highest BCUT2D eigenvalue weighted by Gasteiger charge is 2.14. The maximum atomic E-state index is 12.6. The number of amides is 1. The lowest BCUT2D eigenvalue weighted by Crippen LogP contribution is -2.17. The van der Waals surface area contributed by atoms with Crippen molar-refractivity contribution in [2.24, 2.45) is 0 Å². The summed E-state index contributed by atoms with van der Waals surface area (Å²) in [7, 11) is 0. The van der Waals surface area contributed by atoms with Crippen molar-refractivity contribution in [3.8, 4) is 11.5 Å². The molecule has 1 aliphatic rings. The summed E-state index contributed by atoms with van der Waals surface area (Å²) in [6, 6.07) is 12.8. The van der Waals surface area contributed by atoms with Gasteiger partial charge in [0.05, 0.1) is 0 Å². The van der Waals surface area contributed by atoms with Crippen molar-refractivity contribution in [1.82, 2.24) is 9.97 Å². The Morgan fingerprint density at radius 3 is 2.54 bits per heavy atom. The highest BCUT2D eigenvalue weighted by atomic mass is 16.6. The van der Waals surface area contributed by atoms with E-state index in [1.54, 1.807) is 30.5 Å². The van der Waals surface area contributed by atoms with Crippen LogP contribution in [0.5, 0.6) is 11.5 Å². The fourth-order valence-electron chi connectivity index (χ4n) is 2.81. The summed E-state index contributed by atoms with van der Waals surface area (Å²) in [6.07, 6.45) is 1.55. The quantitative estimate of drug-likeness (QED) is 0.719. The van der Waals surface area contributed by atoms with E-state index < -0.39 is 0 Å². The molecule has 0 radical (unpaired) electrons. The number of nitrogens with one attached hydrogen (secondary N) is 2. The molecule has 2 N–H and O–H groups in total. The van der Waals surface area contributed by atoms with Gasteiger partial charge < -0.3 is 20.1 Å². The van der Waals surface area contributed by atoms with Crippen LogP contribution in [0.4, 0.5) is 17.3 Å². The zero-order valence-corrected chi connectivity index (χ0v) is 15.7. The standard InChI is InChI=1S/C21H20N4O3/c1-13-3-4-15(11-14(13)2)24-21-22-8-7-17(25-21)20(26)23-16-5-6-18-19(12-16)28-10-9-27-18/h3-8,11-12H,9-10H2,1-2H3,(H,23,26)(H,22,24,25). The minimum atomic E-state index is -0.331. The fourth-order valence-corrected chi connectivity index (χ4v) is 2.81. The van der Waals surface area contributed by atoms with E-state index >= 15 is 0 Å². The third-order valence-corrected chi connectivity index (χ3v) is 4.45. The number of rotatable bonds is 4. The van der Waals surface area contributed by atoms with Crippen LogP contribution in [0.2, 0.25) is 0 Å². The minimum absolute atomic E-state index is 0.260. The zero-order chi connectivity index (χ0) is 19.5. The van der Waals surface area contributed by atoms with Crippen LogP contribution in [0.25, 0.3) is 0 Å². The lowest BCUT2D eigenvalue weighted by atomic mass is 10.1. The minimum Gasteiger partial charge on any atom is -0.486 e. The summed E-state index contributed by atoms with van der Waals surface area (Å²) in [4.78, 5) is 21.1. The molecule has 0 saturated heterocycles. The first-order valence-corrected chi connectivity index (χ1v) is 8.97. The number of hydrogen-bond donors (Lipinski definition) is 2. The van der Waals surface area contributed by atoms with Gasteiger partial charge in [-0.1, -0.05) is 6.07 Å². The Morgan fingerprint density at radius 2 is 1.71 bits per heavy atom. The summed E-state index contributed by atoms with van der Waals surface area (Å²) in [5, 5.41) is 5.96. The van der Waals surface area contributed by atoms with E-state index in [-0.39, 0.29) is 11.6 Å². The van der Waals surface area contributed by atoms with E-state index in [2.05, 4.69) is 27.5 Å². The van der Waals surface area contributed by atoms with Crippen molar-refractivity contribution < 1.29 is 14.3 Å². The number of nitrogens with zero attached hydrogens (tertiary/aromatic N) is 2. The Hall–Kier alpha value is -3.61. The fraction of sp³-hybridized carbons (Fsp3) is 0.190. The Labute approximate surface area is 162 Å². The molecule has 7 heteroatoms. The van der Waals surface area contributed by atoms with Crippen molar-refractivity contribution >= 4 is 23.2 Å². The number of anilines is 3. The van der Waals surface area contributed by atoms with Crippen LogP contribution in [-0.2, 0) is 0 Å². The number of aromatic nitrogens is 2. The molecule has 142 valence electrons. The van der Waals surface area contributed by atoms with Crippen molar-refractivity contribution in [2.75, 3.05) is 23.8 Å². The smallest absolute Gasteiger partial charge is 0.274 e. The Kier molecular flexibility index (Phi) is 4.80. The summed E-state index contributed by atoms with van der Waals surface area (Å²) in [6.45, 7) is 5.11. The van der Waals surface area contributed by atoms with Gasteiger partial charge in [-0.25, -0.2) is 9.97 Å². The number of ether oxygens (including phenoxy) is 2. The summed E-state index contributed by atoms with van der Waals surface area (Å²) >= 11 is 0. The Bertz CT molecular complexity index is 1040. The second-order valence-corrected chi connectivity index (χ2v) is 6.50. The van der Waals surface area contributed by atoms with Crippen molar-refractivity contribution in [1.29, 1.82) is 0 Å². The molecule has 3 aromatic rings. The molecule has 4 rings (SSSR count). The maximum absolute atomic E-state index is 12.6. The normalized spacial score (nSPS) is 12.4. The van der Waals surface area contributed by atoms with E-state index in [9.17, 15) is 4.79 Å². The molecule has 28 heavy (non-hydrogen) atoms. The largest absolute Gasteiger partial charge is 0.486 e. The van der Waals surface area contributed by atoms with Crippen molar-refractivity contribution in [3.63, 3.8) is 0 Å². The van der Waals surface area contributed by atoms with Gasteiger partial charge in [0.15, 0.2) is 11.5 Å². The van der Waals surface area contributed by atoms with Crippen molar-refractivity contribution in [3.05, 3.63) is 65.5 Å². The average Bonchev–Trinajstić information content (AvgIpc) is 2.71. The van der Waals surface area contributed by atoms with Gasteiger partial charge in [0.1, 0.15) is 18.9 Å². The Balaban J connectivity index is 1.49. The molecule has 1 amide bonds. The summed E-state index contributed by atoms with van der Waals surface area (Å²) in [5.41, 5.74) is 4.11. The van der Waals surface area contributed by atoms with Crippen LogP contribution in [0.3, 0.4) is 0 Å². The number of carbonyl (C=O) groups is 1. The van der Waals surface area contributed by atoms with E-state index in [4.69, 9.17) is 9.47 Å². The molecule has 2 heterocycles. The second kappa shape index (κ2) is 7.56. The molecule has 0 aliphatic carbocycles. The third-order valence-electron chi connectivity index (χ3n) is 4.45. The lowest BCUT2D eigenvalue weighted by Gasteiger charge is -2.19. The van der Waals surface area contributed by atoms with E-state index in [1.807, 2.05) is 25.1 Å². The first kappa shape index (κ1) is 17.8. The van der Waals surface area contributed by atoms with Gasteiger partial charge in [-0.2, -0.15) is 0 Å². The van der Waals surface area contributed by atoms with Crippen LogP contribution in [0, 0.1) is 13.8 Å². The first-order valence-electron chi connectivity index (χ1n) is 8.97. The third kappa shape index (κ3) is 3.88. The zero-order valence-electron chi connectivity index (χ0n) is 15.7.